The van der Waals surface area contributed by atoms with Gasteiger partial charge in [0.25, 0.3) is 0 Å². The van der Waals surface area contributed by atoms with E-state index in [-0.39, 0.29) is 5.56 Å². The number of benzene rings is 1. The molecular weight excluding hydrogens is 308 g/mol. The second-order valence-corrected chi connectivity index (χ2v) is 5.70. The fourth-order valence-electron chi connectivity index (χ4n) is 2.73. The Balaban J connectivity index is 1.40. The van der Waals surface area contributed by atoms with Crippen LogP contribution in [-0.2, 0) is 0 Å². The first-order valence-corrected chi connectivity index (χ1v) is 8.02. The van der Waals surface area contributed by atoms with Gasteiger partial charge in [-0.1, -0.05) is 0 Å². The summed E-state index contributed by atoms with van der Waals surface area (Å²) in [6.07, 6.45) is 3.53. The Bertz CT molecular complexity index is 655. The summed E-state index contributed by atoms with van der Waals surface area (Å²) in [5.41, 5.74) is 0.159. The van der Waals surface area contributed by atoms with Crippen LogP contribution in [-0.4, -0.2) is 55.3 Å². The molecule has 0 radical (unpaired) electrons. The molecule has 1 fully saturated rings. The predicted molar refractivity (Wildman–Crippen MR) is 86.1 cm³/mol. The minimum atomic E-state index is -1.17. The average Bonchev–Trinajstić information content (AvgIpc) is 2.63. The van der Waals surface area contributed by atoms with Crippen molar-refractivity contribution in [3.05, 3.63) is 48.3 Å². The number of anilines is 1. The number of nitrogens with one attached hydrogen (secondary N) is 1. The number of aromatic nitrogens is 2. The number of rotatable bonds is 6. The molecule has 24 heavy (non-hydrogen) atoms. The number of carboxylic acids is 1. The van der Waals surface area contributed by atoms with Gasteiger partial charge in [-0.05, 0) is 35.9 Å². The molecule has 0 amide bonds. The molecule has 0 saturated carbocycles. The van der Waals surface area contributed by atoms with Crippen molar-refractivity contribution in [3.8, 4) is 5.75 Å². The predicted octanol–water partition coefficient (Wildman–Crippen LogP) is -1.38. The summed E-state index contributed by atoms with van der Waals surface area (Å²) in [6, 6.07) is 8.13. The van der Waals surface area contributed by atoms with Crippen molar-refractivity contribution >= 4 is 11.9 Å². The molecule has 0 unspecified atom stereocenters. The fourth-order valence-corrected chi connectivity index (χ4v) is 2.73. The highest BCUT2D eigenvalue weighted by molar-refractivity contribution is 5.85. The smallest absolute Gasteiger partial charge is 0.225 e. The molecule has 0 atom stereocenters. The van der Waals surface area contributed by atoms with Gasteiger partial charge < -0.3 is 24.4 Å². The monoisotopic (exact) mass is 328 g/mol. The zero-order valence-corrected chi connectivity index (χ0v) is 13.4. The van der Waals surface area contributed by atoms with Crippen LogP contribution in [0.15, 0.2) is 42.7 Å². The van der Waals surface area contributed by atoms with E-state index in [1.807, 2.05) is 6.07 Å². The summed E-state index contributed by atoms with van der Waals surface area (Å²) in [4.78, 5) is 22.9. The lowest BCUT2D eigenvalue weighted by atomic mass is 10.2. The van der Waals surface area contributed by atoms with E-state index in [2.05, 4.69) is 14.9 Å². The zero-order valence-electron chi connectivity index (χ0n) is 13.4. The second-order valence-electron chi connectivity index (χ2n) is 5.70. The Labute approximate surface area is 140 Å². The number of carboxylic acid groups (broad SMARTS) is 1. The molecule has 0 bridgehead atoms. The van der Waals surface area contributed by atoms with Crippen molar-refractivity contribution in [2.45, 2.75) is 0 Å². The molecule has 3 rings (SSSR count). The number of nitrogens with zero attached hydrogens (tertiary/aromatic N) is 3. The standard InChI is InChI=1S/C17H20N4O3/c22-16(23)14-2-4-15(5-3-14)24-13-12-20-8-10-21(11-9-20)17-18-6-1-7-19-17/h1-7H,8-13H2,(H,22,23). The summed E-state index contributed by atoms with van der Waals surface area (Å²) in [7, 11) is 0. The van der Waals surface area contributed by atoms with E-state index in [0.717, 1.165) is 38.7 Å². The molecule has 2 heterocycles. The maximum absolute atomic E-state index is 10.7. The van der Waals surface area contributed by atoms with Crippen molar-refractivity contribution in [1.82, 2.24) is 9.97 Å². The van der Waals surface area contributed by atoms with Gasteiger partial charge in [-0.25, -0.2) is 9.97 Å². The van der Waals surface area contributed by atoms with Crippen LogP contribution in [0.3, 0.4) is 0 Å². The summed E-state index contributed by atoms with van der Waals surface area (Å²) in [6.45, 7) is 5.41. The SMILES string of the molecule is O=C([O-])c1ccc(OCC[NH+]2CCN(c3ncccn3)CC2)cc1. The van der Waals surface area contributed by atoms with E-state index in [0.29, 0.717) is 12.4 Å². The molecule has 7 heteroatoms. The van der Waals surface area contributed by atoms with Crippen molar-refractivity contribution in [1.29, 1.82) is 0 Å². The van der Waals surface area contributed by atoms with Crippen molar-refractivity contribution in [2.75, 3.05) is 44.2 Å². The fraction of sp³-hybridized carbons (Fsp3) is 0.353. The number of hydrogen-bond donors (Lipinski definition) is 1. The van der Waals surface area contributed by atoms with Crippen LogP contribution in [0.5, 0.6) is 5.75 Å². The van der Waals surface area contributed by atoms with Crippen molar-refractivity contribution in [2.24, 2.45) is 0 Å². The van der Waals surface area contributed by atoms with Gasteiger partial charge in [-0.15, -0.1) is 0 Å². The van der Waals surface area contributed by atoms with Crippen LogP contribution in [0.25, 0.3) is 0 Å². The van der Waals surface area contributed by atoms with E-state index < -0.39 is 5.97 Å². The normalized spacial score (nSPS) is 15.2. The van der Waals surface area contributed by atoms with Gasteiger partial charge in [0.05, 0.1) is 32.1 Å². The van der Waals surface area contributed by atoms with Gasteiger partial charge in [0, 0.05) is 12.4 Å². The maximum Gasteiger partial charge on any atom is 0.225 e. The Kier molecular flexibility index (Phi) is 5.22. The number of ether oxygens (including phenoxy) is 1. The third kappa shape index (κ3) is 4.20. The van der Waals surface area contributed by atoms with Gasteiger partial charge in [0.1, 0.15) is 18.9 Å². The summed E-state index contributed by atoms with van der Waals surface area (Å²) < 4.78 is 5.68. The highest BCUT2D eigenvalue weighted by Gasteiger charge is 2.21. The van der Waals surface area contributed by atoms with E-state index in [4.69, 9.17) is 4.74 Å². The van der Waals surface area contributed by atoms with Crippen LogP contribution in [0.2, 0.25) is 0 Å². The Morgan fingerprint density at radius 1 is 1.17 bits per heavy atom. The van der Waals surface area contributed by atoms with E-state index in [1.54, 1.807) is 24.5 Å². The number of piperazine rings is 1. The van der Waals surface area contributed by atoms with E-state index in [1.165, 1.54) is 17.0 Å². The van der Waals surface area contributed by atoms with E-state index >= 15 is 0 Å². The largest absolute Gasteiger partial charge is 0.545 e. The summed E-state index contributed by atoms with van der Waals surface area (Å²) >= 11 is 0. The molecule has 1 aromatic heterocycles. The third-order valence-corrected chi connectivity index (χ3v) is 4.12. The minimum Gasteiger partial charge on any atom is -0.545 e. The lowest BCUT2D eigenvalue weighted by molar-refractivity contribution is -0.900. The third-order valence-electron chi connectivity index (χ3n) is 4.12. The second kappa shape index (κ2) is 7.74. The van der Waals surface area contributed by atoms with Gasteiger partial charge in [-0.2, -0.15) is 0 Å². The van der Waals surface area contributed by atoms with Crippen LogP contribution >= 0.6 is 0 Å². The average molecular weight is 328 g/mol. The summed E-state index contributed by atoms with van der Waals surface area (Å²) in [5, 5.41) is 10.7. The molecule has 1 aliphatic rings. The number of aromatic carboxylic acids is 1. The first kappa shape index (κ1) is 16.2. The molecule has 1 N–H and O–H groups in total. The molecule has 0 spiro atoms. The number of quaternary nitrogens is 1. The Morgan fingerprint density at radius 2 is 1.83 bits per heavy atom. The van der Waals surface area contributed by atoms with Crippen LogP contribution < -0.4 is 19.6 Å². The van der Waals surface area contributed by atoms with Crippen LogP contribution in [0.1, 0.15) is 10.4 Å². The topological polar surface area (TPSA) is 82.8 Å². The molecule has 1 aliphatic heterocycles. The Hall–Kier alpha value is -2.67. The number of hydrogen-bond acceptors (Lipinski definition) is 6. The molecule has 1 aromatic carbocycles. The summed E-state index contributed by atoms with van der Waals surface area (Å²) in [5.74, 6) is 0.294. The number of carbonyl (C=O) groups is 1. The highest BCUT2D eigenvalue weighted by Crippen LogP contribution is 2.11. The molecular formula is C17H20N4O3. The molecule has 126 valence electrons. The Morgan fingerprint density at radius 3 is 2.46 bits per heavy atom. The first-order chi connectivity index (χ1) is 11.7. The maximum atomic E-state index is 10.7. The van der Waals surface area contributed by atoms with Gasteiger partial charge in [0.15, 0.2) is 0 Å². The number of carbonyl (C=O) groups excluding carboxylic acids is 1. The lowest BCUT2D eigenvalue weighted by Gasteiger charge is -2.32. The van der Waals surface area contributed by atoms with Gasteiger partial charge in [0.2, 0.25) is 5.95 Å². The quantitative estimate of drug-likeness (QED) is 0.704. The molecule has 0 aliphatic carbocycles. The zero-order chi connectivity index (χ0) is 16.8. The first-order valence-electron chi connectivity index (χ1n) is 8.02. The van der Waals surface area contributed by atoms with E-state index in [9.17, 15) is 9.90 Å². The highest BCUT2D eigenvalue weighted by atomic mass is 16.5. The van der Waals surface area contributed by atoms with Crippen molar-refractivity contribution < 1.29 is 19.5 Å². The molecule has 7 nitrogen and oxygen atoms in total. The lowest BCUT2D eigenvalue weighted by Crippen LogP contribution is -3.15. The molecule has 2 aromatic rings. The minimum absolute atomic E-state index is 0.159. The molecule has 1 saturated heterocycles. The van der Waals surface area contributed by atoms with Crippen molar-refractivity contribution in [3.63, 3.8) is 0 Å². The van der Waals surface area contributed by atoms with Crippen LogP contribution in [0, 0.1) is 0 Å². The van der Waals surface area contributed by atoms with Gasteiger partial charge in [-0.3, -0.25) is 0 Å². The van der Waals surface area contributed by atoms with Crippen LogP contribution in [0.4, 0.5) is 5.95 Å². The van der Waals surface area contributed by atoms with Gasteiger partial charge >= 0.3 is 0 Å².